The summed E-state index contributed by atoms with van der Waals surface area (Å²) in [5, 5.41) is 0. The highest BCUT2D eigenvalue weighted by Gasteiger charge is 2.19. The van der Waals surface area contributed by atoms with Crippen LogP contribution in [0.25, 0.3) is 0 Å². The molecule has 0 radical (unpaired) electrons. The van der Waals surface area contributed by atoms with Crippen LogP contribution in [0, 0.1) is 17.8 Å². The molecule has 0 saturated carbocycles. The van der Waals surface area contributed by atoms with Gasteiger partial charge in [0.1, 0.15) is 6.29 Å². The molecule has 25 heavy (non-hydrogen) atoms. The van der Waals surface area contributed by atoms with E-state index in [1.165, 1.54) is 12.0 Å². The minimum Gasteiger partial charge on any atom is -0.376 e. The van der Waals surface area contributed by atoms with Crippen molar-refractivity contribution in [3.05, 3.63) is 60.2 Å². The summed E-state index contributed by atoms with van der Waals surface area (Å²) in [6.07, 6.45) is 9.53. The third-order valence-electron chi connectivity index (χ3n) is 4.65. The first-order valence-electron chi connectivity index (χ1n) is 9.39. The Hall–Kier alpha value is -1.67. The van der Waals surface area contributed by atoms with Crippen LogP contribution in [0.1, 0.15) is 52.0 Å². The molecule has 3 atom stereocenters. The maximum absolute atomic E-state index is 11.5. The van der Waals surface area contributed by atoms with Gasteiger partial charge < -0.3 is 9.53 Å². The van der Waals surface area contributed by atoms with Gasteiger partial charge >= 0.3 is 0 Å². The molecule has 0 aliphatic carbocycles. The van der Waals surface area contributed by atoms with Crippen LogP contribution >= 0.6 is 0 Å². The third kappa shape index (κ3) is 9.40. The summed E-state index contributed by atoms with van der Waals surface area (Å²) in [4.78, 5) is 11.5. The van der Waals surface area contributed by atoms with E-state index in [0.717, 1.165) is 31.1 Å². The molecule has 1 aromatic rings. The van der Waals surface area contributed by atoms with Crippen LogP contribution in [0.15, 0.2) is 54.6 Å². The Balaban J connectivity index is 2.37. The summed E-state index contributed by atoms with van der Waals surface area (Å²) in [6, 6.07) is 10.1. The number of hydrogen-bond donors (Lipinski definition) is 0. The van der Waals surface area contributed by atoms with Gasteiger partial charge in [-0.15, -0.1) is 6.58 Å². The molecule has 138 valence electrons. The van der Waals surface area contributed by atoms with Crippen LogP contribution < -0.4 is 0 Å². The van der Waals surface area contributed by atoms with Crippen LogP contribution in [0.5, 0.6) is 0 Å². The second kappa shape index (κ2) is 12.7. The fraction of sp³-hybridized carbons (Fsp3) is 0.522. The standard InChI is InChI=1S/C23H34O2/c1-5-22(18-25-17-21-12-7-6-8-13-21)23(16-24)15-14-20(4)11-9-10-19(2)3/h5-8,10,12-13,16,20,22-23H,1,9,11,14-15,17-18H2,2-4H3. The Kier molecular flexibility index (Phi) is 10.8. The number of aldehydes is 1. The van der Waals surface area contributed by atoms with E-state index in [1.807, 2.05) is 36.4 Å². The molecule has 1 aromatic carbocycles. The average molecular weight is 343 g/mol. The van der Waals surface area contributed by atoms with Crippen molar-refractivity contribution in [1.82, 2.24) is 0 Å². The van der Waals surface area contributed by atoms with Gasteiger partial charge in [-0.05, 0) is 51.0 Å². The Labute approximate surface area is 154 Å². The molecular formula is C23H34O2. The summed E-state index contributed by atoms with van der Waals surface area (Å²) in [6.45, 7) is 11.6. The van der Waals surface area contributed by atoms with Gasteiger partial charge in [-0.2, -0.15) is 0 Å². The molecule has 2 heteroatoms. The molecule has 0 amide bonds. The Morgan fingerprint density at radius 1 is 1.12 bits per heavy atom. The molecule has 0 fully saturated rings. The fourth-order valence-electron chi connectivity index (χ4n) is 2.91. The van der Waals surface area contributed by atoms with Crippen molar-refractivity contribution in [2.24, 2.45) is 17.8 Å². The van der Waals surface area contributed by atoms with E-state index in [0.29, 0.717) is 19.1 Å². The van der Waals surface area contributed by atoms with Crippen molar-refractivity contribution in [1.29, 1.82) is 0 Å². The van der Waals surface area contributed by atoms with Gasteiger partial charge in [0.15, 0.2) is 0 Å². The Morgan fingerprint density at radius 3 is 2.44 bits per heavy atom. The minimum absolute atomic E-state index is 0.000762. The number of carbonyl (C=O) groups is 1. The van der Waals surface area contributed by atoms with E-state index in [1.54, 1.807) is 0 Å². The molecule has 0 bridgehead atoms. The van der Waals surface area contributed by atoms with E-state index in [-0.39, 0.29) is 11.8 Å². The number of benzene rings is 1. The normalized spacial score (nSPS) is 14.4. The first-order chi connectivity index (χ1) is 12.1. The van der Waals surface area contributed by atoms with E-state index in [4.69, 9.17) is 4.74 Å². The third-order valence-corrected chi connectivity index (χ3v) is 4.65. The van der Waals surface area contributed by atoms with Crippen molar-refractivity contribution < 1.29 is 9.53 Å². The zero-order chi connectivity index (χ0) is 18.5. The van der Waals surface area contributed by atoms with Crippen molar-refractivity contribution >= 4 is 6.29 Å². The summed E-state index contributed by atoms with van der Waals surface area (Å²) in [7, 11) is 0. The van der Waals surface area contributed by atoms with Gasteiger partial charge in [0.2, 0.25) is 0 Å². The van der Waals surface area contributed by atoms with E-state index in [9.17, 15) is 4.79 Å². The lowest BCUT2D eigenvalue weighted by molar-refractivity contribution is -0.113. The monoisotopic (exact) mass is 342 g/mol. The summed E-state index contributed by atoms with van der Waals surface area (Å²) in [5.41, 5.74) is 2.53. The van der Waals surface area contributed by atoms with Crippen molar-refractivity contribution in [3.63, 3.8) is 0 Å². The molecular weight excluding hydrogens is 308 g/mol. The largest absolute Gasteiger partial charge is 0.376 e. The molecule has 0 heterocycles. The van der Waals surface area contributed by atoms with Gasteiger partial charge in [-0.1, -0.05) is 55.0 Å². The fourth-order valence-corrected chi connectivity index (χ4v) is 2.91. The smallest absolute Gasteiger partial charge is 0.123 e. The van der Waals surface area contributed by atoms with E-state index < -0.39 is 0 Å². The van der Waals surface area contributed by atoms with Crippen LogP contribution in [0.3, 0.4) is 0 Å². The van der Waals surface area contributed by atoms with E-state index >= 15 is 0 Å². The highest BCUT2D eigenvalue weighted by Crippen LogP contribution is 2.23. The van der Waals surface area contributed by atoms with Gasteiger partial charge in [0.25, 0.3) is 0 Å². The average Bonchev–Trinajstić information content (AvgIpc) is 2.61. The second-order valence-corrected chi connectivity index (χ2v) is 7.24. The number of allylic oxidation sites excluding steroid dienone is 2. The van der Waals surface area contributed by atoms with Gasteiger partial charge in [0, 0.05) is 11.8 Å². The molecule has 0 spiro atoms. The number of carbonyl (C=O) groups excluding carboxylic acids is 1. The first kappa shape index (κ1) is 21.4. The molecule has 0 aromatic heterocycles. The zero-order valence-corrected chi connectivity index (χ0v) is 16.1. The quantitative estimate of drug-likeness (QED) is 0.325. The number of hydrogen-bond acceptors (Lipinski definition) is 2. The highest BCUT2D eigenvalue weighted by molar-refractivity contribution is 5.54. The summed E-state index contributed by atoms with van der Waals surface area (Å²) < 4.78 is 5.82. The predicted octanol–water partition coefficient (Wildman–Crippen LogP) is 5.98. The lowest BCUT2D eigenvalue weighted by atomic mass is 9.86. The molecule has 0 saturated heterocycles. The number of rotatable bonds is 13. The van der Waals surface area contributed by atoms with E-state index in [2.05, 4.69) is 33.4 Å². The van der Waals surface area contributed by atoms with Crippen LogP contribution in [0.4, 0.5) is 0 Å². The number of ether oxygens (including phenoxy) is 1. The van der Waals surface area contributed by atoms with Crippen LogP contribution in [0.2, 0.25) is 0 Å². The maximum atomic E-state index is 11.5. The maximum Gasteiger partial charge on any atom is 0.123 e. The van der Waals surface area contributed by atoms with Gasteiger partial charge in [0.05, 0.1) is 13.2 Å². The second-order valence-electron chi connectivity index (χ2n) is 7.24. The Bertz CT molecular complexity index is 514. The molecule has 0 aliphatic heterocycles. The summed E-state index contributed by atoms with van der Waals surface area (Å²) in [5.74, 6) is 0.721. The van der Waals surface area contributed by atoms with Crippen molar-refractivity contribution in [3.8, 4) is 0 Å². The SMILES string of the molecule is C=CC(COCc1ccccc1)C(C=O)CCC(C)CCC=C(C)C. The highest BCUT2D eigenvalue weighted by atomic mass is 16.5. The van der Waals surface area contributed by atoms with Crippen molar-refractivity contribution in [2.45, 2.75) is 53.1 Å². The molecule has 0 aliphatic rings. The van der Waals surface area contributed by atoms with Crippen LogP contribution in [-0.4, -0.2) is 12.9 Å². The van der Waals surface area contributed by atoms with Crippen molar-refractivity contribution in [2.75, 3.05) is 6.61 Å². The summed E-state index contributed by atoms with van der Waals surface area (Å²) >= 11 is 0. The molecule has 2 nitrogen and oxygen atoms in total. The topological polar surface area (TPSA) is 26.3 Å². The van der Waals surface area contributed by atoms with Gasteiger partial charge in [-0.25, -0.2) is 0 Å². The lowest BCUT2D eigenvalue weighted by Gasteiger charge is -2.21. The van der Waals surface area contributed by atoms with Crippen LogP contribution in [-0.2, 0) is 16.1 Å². The zero-order valence-electron chi connectivity index (χ0n) is 16.1. The first-order valence-corrected chi connectivity index (χ1v) is 9.39. The minimum atomic E-state index is -0.000762. The lowest BCUT2D eigenvalue weighted by Crippen LogP contribution is -2.20. The predicted molar refractivity (Wildman–Crippen MR) is 106 cm³/mol. The molecule has 0 N–H and O–H groups in total. The van der Waals surface area contributed by atoms with Gasteiger partial charge in [-0.3, -0.25) is 0 Å². The molecule has 3 unspecified atom stereocenters. The Morgan fingerprint density at radius 2 is 1.84 bits per heavy atom. The molecule has 1 rings (SSSR count).